The van der Waals surface area contributed by atoms with E-state index in [-0.39, 0.29) is 11.3 Å². The number of benzene rings is 1. The summed E-state index contributed by atoms with van der Waals surface area (Å²) in [5.74, 6) is -1.27. The van der Waals surface area contributed by atoms with Crippen LogP contribution in [0.25, 0.3) is 0 Å². The van der Waals surface area contributed by atoms with E-state index in [4.69, 9.17) is 0 Å². The minimum absolute atomic E-state index is 0.190. The summed E-state index contributed by atoms with van der Waals surface area (Å²) in [5, 5.41) is 3.57. The van der Waals surface area contributed by atoms with Crippen molar-refractivity contribution >= 4 is 12.1 Å². The summed E-state index contributed by atoms with van der Waals surface area (Å²) in [7, 11) is 1.28. The van der Waals surface area contributed by atoms with Gasteiger partial charge in [-0.25, -0.2) is 14.6 Å². The third-order valence-corrected chi connectivity index (χ3v) is 2.66. The highest BCUT2D eigenvalue weighted by atomic mass is 19.1. The van der Waals surface area contributed by atoms with Gasteiger partial charge in [-0.15, -0.1) is 0 Å². The molecule has 1 aromatic carbocycles. The first-order valence-corrected chi connectivity index (χ1v) is 5.87. The normalized spacial score (nSPS) is 10.8. The molecule has 1 heterocycles. The smallest absolute Gasteiger partial charge is 0.302 e. The first-order valence-electron chi connectivity index (χ1n) is 5.87. The Bertz CT molecular complexity index is 791. The molecule has 0 fully saturated rings. The van der Waals surface area contributed by atoms with Gasteiger partial charge in [0.05, 0.1) is 6.21 Å². The standard InChI is InChI=1S/C13H11FN4O3/c1-18-11(19)6-10(16-13(18)21)12(20)17-15-7-8-4-2-3-5-9(8)14/h2-7H,1H3,(H,16,21)(H,17,20)/b15-7+. The van der Waals surface area contributed by atoms with Crippen LogP contribution in [0, 0.1) is 5.82 Å². The SMILES string of the molecule is Cn1c(=O)cc(C(=O)N/N=C/c2ccccc2F)[nH]c1=O. The first kappa shape index (κ1) is 14.4. The van der Waals surface area contributed by atoms with Crippen molar-refractivity contribution in [1.82, 2.24) is 15.0 Å². The monoisotopic (exact) mass is 290 g/mol. The summed E-state index contributed by atoms with van der Waals surface area (Å²) in [6, 6.07) is 6.84. The molecule has 0 bridgehead atoms. The number of hydrogen-bond donors (Lipinski definition) is 2. The highest BCUT2D eigenvalue weighted by molar-refractivity contribution is 5.92. The summed E-state index contributed by atoms with van der Waals surface area (Å²) in [4.78, 5) is 36.6. The molecule has 0 unspecified atom stereocenters. The van der Waals surface area contributed by atoms with E-state index < -0.39 is 23.0 Å². The van der Waals surface area contributed by atoms with Gasteiger partial charge in [-0.1, -0.05) is 18.2 Å². The van der Waals surface area contributed by atoms with Crippen molar-refractivity contribution in [2.75, 3.05) is 0 Å². The first-order chi connectivity index (χ1) is 9.99. The maximum Gasteiger partial charge on any atom is 0.328 e. The van der Waals surface area contributed by atoms with E-state index in [9.17, 15) is 18.8 Å². The van der Waals surface area contributed by atoms with E-state index in [0.29, 0.717) is 0 Å². The fourth-order valence-corrected chi connectivity index (χ4v) is 1.48. The van der Waals surface area contributed by atoms with Crippen molar-refractivity contribution in [1.29, 1.82) is 0 Å². The van der Waals surface area contributed by atoms with Crippen LogP contribution >= 0.6 is 0 Å². The number of halogens is 1. The lowest BCUT2D eigenvalue weighted by Crippen LogP contribution is -2.35. The predicted molar refractivity (Wildman–Crippen MR) is 73.8 cm³/mol. The van der Waals surface area contributed by atoms with Crippen molar-refractivity contribution in [3.63, 3.8) is 0 Å². The third-order valence-electron chi connectivity index (χ3n) is 2.66. The molecule has 0 saturated heterocycles. The molecule has 1 amide bonds. The zero-order chi connectivity index (χ0) is 15.4. The zero-order valence-corrected chi connectivity index (χ0v) is 11.0. The maximum absolute atomic E-state index is 13.3. The van der Waals surface area contributed by atoms with Crippen LogP contribution in [0.2, 0.25) is 0 Å². The zero-order valence-electron chi connectivity index (χ0n) is 11.0. The molecule has 0 radical (unpaired) electrons. The number of carbonyl (C=O) groups is 1. The van der Waals surface area contributed by atoms with Crippen LogP contribution in [0.1, 0.15) is 16.1 Å². The molecule has 0 aliphatic carbocycles. The lowest BCUT2D eigenvalue weighted by atomic mass is 10.2. The van der Waals surface area contributed by atoms with Crippen molar-refractivity contribution in [2.45, 2.75) is 0 Å². The number of nitrogens with zero attached hydrogens (tertiary/aromatic N) is 2. The molecular formula is C13H11FN4O3. The van der Waals surface area contributed by atoms with Crippen LogP contribution in [0.3, 0.4) is 0 Å². The van der Waals surface area contributed by atoms with Gasteiger partial charge in [-0.3, -0.25) is 14.2 Å². The number of rotatable bonds is 3. The number of H-pyrrole nitrogens is 1. The van der Waals surface area contributed by atoms with Gasteiger partial charge in [-0.2, -0.15) is 5.10 Å². The van der Waals surface area contributed by atoms with Gasteiger partial charge in [-0.05, 0) is 6.07 Å². The molecule has 7 nitrogen and oxygen atoms in total. The van der Waals surface area contributed by atoms with Crippen LogP contribution in [-0.4, -0.2) is 21.7 Å². The van der Waals surface area contributed by atoms with Gasteiger partial charge in [0, 0.05) is 18.7 Å². The van der Waals surface area contributed by atoms with Crippen molar-refractivity contribution in [3.05, 3.63) is 68.2 Å². The summed E-state index contributed by atoms with van der Waals surface area (Å²) in [6.45, 7) is 0. The molecule has 108 valence electrons. The Balaban J connectivity index is 2.14. The van der Waals surface area contributed by atoms with Crippen LogP contribution in [0.4, 0.5) is 4.39 Å². The van der Waals surface area contributed by atoms with Crippen molar-refractivity contribution in [3.8, 4) is 0 Å². The van der Waals surface area contributed by atoms with Gasteiger partial charge in [0.1, 0.15) is 11.5 Å². The molecule has 2 rings (SSSR count). The van der Waals surface area contributed by atoms with Crippen LogP contribution in [0.15, 0.2) is 45.0 Å². The van der Waals surface area contributed by atoms with E-state index in [1.165, 1.54) is 25.2 Å². The molecule has 2 N–H and O–H groups in total. The molecule has 0 aliphatic rings. The van der Waals surface area contributed by atoms with Gasteiger partial charge < -0.3 is 4.98 Å². The largest absolute Gasteiger partial charge is 0.328 e. The van der Waals surface area contributed by atoms with Crippen LogP contribution < -0.4 is 16.7 Å². The molecule has 8 heteroatoms. The van der Waals surface area contributed by atoms with E-state index in [2.05, 4.69) is 15.5 Å². The van der Waals surface area contributed by atoms with Crippen LogP contribution in [-0.2, 0) is 7.05 Å². The Morgan fingerprint density at radius 2 is 2.10 bits per heavy atom. The summed E-state index contributed by atoms with van der Waals surface area (Å²) in [5.41, 5.74) is 0.716. The lowest BCUT2D eigenvalue weighted by Gasteiger charge is -2.01. The number of carbonyl (C=O) groups excluding carboxylic acids is 1. The van der Waals surface area contributed by atoms with E-state index in [1.807, 2.05) is 0 Å². The van der Waals surface area contributed by atoms with Gasteiger partial charge in [0.25, 0.3) is 11.5 Å². The van der Waals surface area contributed by atoms with Gasteiger partial charge in [0.2, 0.25) is 0 Å². The van der Waals surface area contributed by atoms with E-state index >= 15 is 0 Å². The molecular weight excluding hydrogens is 279 g/mol. The minimum atomic E-state index is -0.780. The maximum atomic E-state index is 13.3. The number of hydrogen-bond acceptors (Lipinski definition) is 4. The molecule has 0 aliphatic heterocycles. The summed E-state index contributed by atoms with van der Waals surface area (Å²) in [6.07, 6.45) is 1.12. The van der Waals surface area contributed by atoms with Crippen LogP contribution in [0.5, 0.6) is 0 Å². The van der Waals surface area contributed by atoms with Gasteiger partial charge in [0.15, 0.2) is 0 Å². The van der Waals surface area contributed by atoms with E-state index in [0.717, 1.165) is 16.8 Å². The topological polar surface area (TPSA) is 96.3 Å². The van der Waals surface area contributed by atoms with E-state index in [1.54, 1.807) is 6.07 Å². The fourth-order valence-electron chi connectivity index (χ4n) is 1.48. The van der Waals surface area contributed by atoms with Gasteiger partial charge >= 0.3 is 5.69 Å². The number of hydrazone groups is 1. The Morgan fingerprint density at radius 3 is 2.76 bits per heavy atom. The molecule has 2 aromatic rings. The average molecular weight is 290 g/mol. The summed E-state index contributed by atoms with van der Waals surface area (Å²) >= 11 is 0. The quantitative estimate of drug-likeness (QED) is 0.614. The molecule has 0 saturated carbocycles. The highest BCUT2D eigenvalue weighted by Gasteiger charge is 2.08. The second-order valence-electron chi connectivity index (χ2n) is 4.11. The highest BCUT2D eigenvalue weighted by Crippen LogP contribution is 2.02. The van der Waals surface area contributed by atoms with Crippen molar-refractivity contribution < 1.29 is 9.18 Å². The predicted octanol–water partition coefficient (Wildman–Crippen LogP) is -0.0234. The summed E-state index contributed by atoms with van der Waals surface area (Å²) < 4.78 is 14.1. The second-order valence-corrected chi connectivity index (χ2v) is 4.11. The Hall–Kier alpha value is -3.03. The second kappa shape index (κ2) is 5.95. The van der Waals surface area contributed by atoms with Crippen molar-refractivity contribution in [2.24, 2.45) is 12.1 Å². The molecule has 0 spiro atoms. The Labute approximate surface area is 117 Å². The Kier molecular flexibility index (Phi) is 4.07. The average Bonchev–Trinajstić information content (AvgIpc) is 2.46. The minimum Gasteiger partial charge on any atom is -0.302 e. The Morgan fingerprint density at radius 1 is 1.38 bits per heavy atom. The third kappa shape index (κ3) is 3.30. The number of nitrogens with one attached hydrogen (secondary N) is 2. The fraction of sp³-hybridized carbons (Fsp3) is 0.0769. The molecule has 1 aromatic heterocycles. The molecule has 0 atom stereocenters. The number of aromatic amines is 1. The molecule has 21 heavy (non-hydrogen) atoms. The number of aromatic nitrogens is 2. The lowest BCUT2D eigenvalue weighted by molar-refractivity contribution is 0.0949. The number of amides is 1.